The lowest BCUT2D eigenvalue weighted by molar-refractivity contribution is 0.0634. The summed E-state index contributed by atoms with van der Waals surface area (Å²) >= 11 is 0. The lowest BCUT2D eigenvalue weighted by atomic mass is 9.89. The second-order valence-corrected chi connectivity index (χ2v) is 6.78. The second-order valence-electron chi connectivity index (χ2n) is 6.78. The van der Waals surface area contributed by atoms with E-state index in [-0.39, 0.29) is 17.2 Å². The van der Waals surface area contributed by atoms with Crippen LogP contribution in [0.1, 0.15) is 34.1 Å². The van der Waals surface area contributed by atoms with Crippen molar-refractivity contribution in [2.45, 2.75) is 13.3 Å². The second kappa shape index (κ2) is 5.82. The molecule has 2 amide bonds. The number of nitrogens with zero attached hydrogens (tertiary/aromatic N) is 2. The summed E-state index contributed by atoms with van der Waals surface area (Å²) in [6.07, 6.45) is 1.17. The topological polar surface area (TPSA) is 52.7 Å². The van der Waals surface area contributed by atoms with Crippen LogP contribution in [0.2, 0.25) is 0 Å². The van der Waals surface area contributed by atoms with Crippen molar-refractivity contribution in [3.63, 3.8) is 0 Å². The van der Waals surface area contributed by atoms with Gasteiger partial charge in [0.25, 0.3) is 11.8 Å². The van der Waals surface area contributed by atoms with Crippen LogP contribution in [0.25, 0.3) is 0 Å². The van der Waals surface area contributed by atoms with Gasteiger partial charge in [0.2, 0.25) is 0 Å². The van der Waals surface area contributed by atoms with Crippen LogP contribution < -0.4 is 5.32 Å². The summed E-state index contributed by atoms with van der Waals surface area (Å²) in [4.78, 5) is 28.2. The van der Waals surface area contributed by atoms with Crippen molar-refractivity contribution >= 4 is 11.8 Å². The van der Waals surface area contributed by atoms with Crippen molar-refractivity contribution in [3.05, 3.63) is 35.4 Å². The highest BCUT2D eigenvalue weighted by Crippen LogP contribution is 2.25. The molecule has 0 aromatic heterocycles. The van der Waals surface area contributed by atoms with Gasteiger partial charge in [-0.1, -0.05) is 19.1 Å². The zero-order valence-corrected chi connectivity index (χ0v) is 13.3. The standard InChI is InChI=1S/C17H23N3O2/c1-17(7-8-18-11-17)12-19(2)9-10-20-15(21)13-5-3-4-6-14(13)16(20)22/h3-6,18H,7-12H2,1-2H3. The van der Waals surface area contributed by atoms with Crippen molar-refractivity contribution in [2.24, 2.45) is 5.41 Å². The van der Waals surface area contributed by atoms with Crippen molar-refractivity contribution in [1.82, 2.24) is 15.1 Å². The van der Waals surface area contributed by atoms with Crippen LogP contribution in [-0.2, 0) is 0 Å². The highest BCUT2D eigenvalue weighted by atomic mass is 16.2. The van der Waals surface area contributed by atoms with Gasteiger partial charge in [-0.2, -0.15) is 0 Å². The summed E-state index contributed by atoms with van der Waals surface area (Å²) in [6, 6.07) is 7.05. The molecular formula is C17H23N3O2. The molecule has 118 valence electrons. The minimum absolute atomic E-state index is 0.164. The van der Waals surface area contributed by atoms with E-state index in [0.717, 1.165) is 19.6 Å². The van der Waals surface area contributed by atoms with Gasteiger partial charge in [-0.3, -0.25) is 14.5 Å². The zero-order valence-electron chi connectivity index (χ0n) is 13.3. The first-order valence-corrected chi connectivity index (χ1v) is 7.85. The van der Waals surface area contributed by atoms with Gasteiger partial charge < -0.3 is 10.2 Å². The van der Waals surface area contributed by atoms with Crippen molar-refractivity contribution in [3.8, 4) is 0 Å². The number of hydrogen-bond donors (Lipinski definition) is 1. The average molecular weight is 301 g/mol. The molecule has 0 bridgehead atoms. The van der Waals surface area contributed by atoms with Gasteiger partial charge in [0.05, 0.1) is 11.1 Å². The zero-order chi connectivity index (χ0) is 15.7. The molecule has 1 aromatic rings. The Bertz CT molecular complexity index is 558. The summed E-state index contributed by atoms with van der Waals surface area (Å²) in [5, 5.41) is 3.40. The molecular weight excluding hydrogens is 278 g/mol. The largest absolute Gasteiger partial charge is 0.316 e. The molecule has 1 aromatic carbocycles. The normalized spacial score (nSPS) is 24.4. The molecule has 1 fully saturated rings. The highest BCUT2D eigenvalue weighted by Gasteiger charge is 2.35. The fraction of sp³-hybridized carbons (Fsp3) is 0.529. The molecule has 2 aliphatic heterocycles. The van der Waals surface area contributed by atoms with Crippen molar-refractivity contribution < 1.29 is 9.59 Å². The average Bonchev–Trinajstić information content (AvgIpc) is 3.02. The molecule has 3 rings (SSSR count). The van der Waals surface area contributed by atoms with Gasteiger partial charge in [0.15, 0.2) is 0 Å². The molecule has 0 aliphatic carbocycles. The van der Waals surface area contributed by atoms with Crippen LogP contribution in [0.4, 0.5) is 0 Å². The number of fused-ring (bicyclic) bond motifs is 1. The minimum Gasteiger partial charge on any atom is -0.316 e. The van der Waals surface area contributed by atoms with Crippen LogP contribution in [-0.4, -0.2) is 61.4 Å². The summed E-state index contributed by atoms with van der Waals surface area (Å²) in [7, 11) is 2.06. The Hall–Kier alpha value is -1.72. The molecule has 22 heavy (non-hydrogen) atoms. The summed E-state index contributed by atoms with van der Waals surface area (Å²) in [6.45, 7) is 6.52. The predicted molar refractivity (Wildman–Crippen MR) is 84.9 cm³/mol. The Kier molecular flexibility index (Phi) is 4.02. The third-order valence-electron chi connectivity index (χ3n) is 4.69. The lowest BCUT2D eigenvalue weighted by Crippen LogP contribution is -2.41. The molecule has 2 heterocycles. The molecule has 5 nitrogen and oxygen atoms in total. The summed E-state index contributed by atoms with van der Waals surface area (Å²) in [5.41, 5.74) is 1.35. The van der Waals surface area contributed by atoms with Crippen molar-refractivity contribution in [2.75, 3.05) is 39.8 Å². The quantitative estimate of drug-likeness (QED) is 0.831. The number of rotatable bonds is 5. The summed E-state index contributed by atoms with van der Waals surface area (Å²) < 4.78 is 0. The number of carbonyl (C=O) groups excluding carboxylic acids is 2. The van der Waals surface area contributed by atoms with E-state index in [9.17, 15) is 9.59 Å². The van der Waals surface area contributed by atoms with Crippen LogP contribution >= 0.6 is 0 Å². The monoisotopic (exact) mass is 301 g/mol. The molecule has 1 N–H and O–H groups in total. The van der Waals surface area contributed by atoms with E-state index < -0.39 is 0 Å². The first-order valence-electron chi connectivity index (χ1n) is 7.85. The fourth-order valence-corrected chi connectivity index (χ4v) is 3.45. The van der Waals surface area contributed by atoms with E-state index in [4.69, 9.17) is 0 Å². The van der Waals surface area contributed by atoms with E-state index in [1.54, 1.807) is 24.3 Å². The first kappa shape index (κ1) is 15.2. The Labute approximate surface area is 131 Å². The number of nitrogens with one attached hydrogen (secondary N) is 1. The van der Waals surface area contributed by atoms with Crippen LogP contribution in [0.15, 0.2) is 24.3 Å². The van der Waals surface area contributed by atoms with E-state index in [0.29, 0.717) is 24.2 Å². The number of imide groups is 1. The Balaban J connectivity index is 1.58. The maximum atomic E-state index is 12.3. The molecule has 1 unspecified atom stereocenters. The van der Waals surface area contributed by atoms with E-state index in [1.165, 1.54) is 11.3 Å². The van der Waals surface area contributed by atoms with Gasteiger partial charge in [0, 0.05) is 26.2 Å². The third-order valence-corrected chi connectivity index (χ3v) is 4.69. The Morgan fingerprint density at radius 3 is 2.41 bits per heavy atom. The van der Waals surface area contributed by atoms with Crippen LogP contribution in [0.5, 0.6) is 0 Å². The number of likely N-dealkylation sites (N-methyl/N-ethyl adjacent to an activating group) is 1. The van der Waals surface area contributed by atoms with E-state index >= 15 is 0 Å². The Morgan fingerprint density at radius 2 is 1.86 bits per heavy atom. The van der Waals surface area contributed by atoms with Crippen molar-refractivity contribution in [1.29, 1.82) is 0 Å². The summed E-state index contributed by atoms with van der Waals surface area (Å²) in [5.74, 6) is -0.328. The van der Waals surface area contributed by atoms with E-state index in [2.05, 4.69) is 24.2 Å². The van der Waals surface area contributed by atoms with Gasteiger partial charge >= 0.3 is 0 Å². The predicted octanol–water partition coefficient (Wildman–Crippen LogP) is 1.21. The van der Waals surface area contributed by atoms with Crippen LogP contribution in [0, 0.1) is 5.41 Å². The van der Waals surface area contributed by atoms with Gasteiger partial charge in [-0.05, 0) is 37.6 Å². The van der Waals surface area contributed by atoms with Gasteiger partial charge in [-0.15, -0.1) is 0 Å². The fourth-order valence-electron chi connectivity index (χ4n) is 3.45. The smallest absolute Gasteiger partial charge is 0.261 e. The molecule has 5 heteroatoms. The molecule has 2 aliphatic rings. The third kappa shape index (κ3) is 2.78. The number of carbonyl (C=O) groups is 2. The maximum absolute atomic E-state index is 12.3. The van der Waals surface area contributed by atoms with Gasteiger partial charge in [-0.25, -0.2) is 0 Å². The van der Waals surface area contributed by atoms with Gasteiger partial charge in [0.1, 0.15) is 0 Å². The minimum atomic E-state index is -0.164. The Morgan fingerprint density at radius 1 is 1.23 bits per heavy atom. The molecule has 1 saturated heterocycles. The molecule has 0 spiro atoms. The van der Waals surface area contributed by atoms with E-state index in [1.807, 2.05) is 0 Å². The number of amides is 2. The molecule has 1 atom stereocenters. The SMILES string of the molecule is CN(CCN1C(=O)c2ccccc2C1=O)CC1(C)CCNC1. The van der Waals surface area contributed by atoms with Crippen LogP contribution in [0.3, 0.4) is 0 Å². The first-order chi connectivity index (χ1) is 10.5. The number of benzene rings is 1. The maximum Gasteiger partial charge on any atom is 0.261 e. The number of hydrogen-bond acceptors (Lipinski definition) is 4. The molecule has 0 radical (unpaired) electrons. The molecule has 0 saturated carbocycles. The lowest BCUT2D eigenvalue weighted by Gasteiger charge is -2.30. The highest BCUT2D eigenvalue weighted by molar-refractivity contribution is 6.21.